The molecule has 2 aromatic carbocycles. The average molecular weight is 353 g/mol. The first kappa shape index (κ1) is 17.9. The molecule has 0 saturated carbocycles. The van der Waals surface area contributed by atoms with E-state index in [1.54, 1.807) is 0 Å². The molecule has 2 rings (SSSR count). The molecule has 0 atom stereocenters. The third-order valence-electron chi connectivity index (χ3n) is 3.49. The molecule has 23 heavy (non-hydrogen) atoms. The van der Waals surface area contributed by atoms with Crippen LogP contribution in [0, 0.1) is 0 Å². The van der Waals surface area contributed by atoms with Gasteiger partial charge >= 0.3 is 0 Å². The number of hydrogen-bond acceptors (Lipinski definition) is 3. The molecule has 0 aromatic heterocycles. The van der Waals surface area contributed by atoms with E-state index >= 15 is 0 Å². The lowest BCUT2D eigenvalue weighted by molar-refractivity contribution is 0.314. The second kappa shape index (κ2) is 9.66. The summed E-state index contributed by atoms with van der Waals surface area (Å²) in [6, 6.07) is 13.7. The minimum Gasteiger partial charge on any atom is -0.492 e. The average Bonchev–Trinajstić information content (AvgIpc) is 2.57. The maximum Gasteiger partial charge on any atom is 0.119 e. The first-order valence-electron chi connectivity index (χ1n) is 7.74. The molecule has 0 aliphatic rings. The Morgan fingerprint density at radius 1 is 0.957 bits per heavy atom. The number of benzene rings is 2. The first-order valence-corrected chi connectivity index (χ1v) is 8.50. The van der Waals surface area contributed by atoms with Crippen LogP contribution in [0.3, 0.4) is 0 Å². The monoisotopic (exact) mass is 352 g/mol. The highest BCUT2D eigenvalue weighted by atomic mass is 35.5. The molecule has 5 heteroatoms. The molecular formula is C18H22Cl2N2O. The number of aryl methyl sites for hydroxylation is 1. The summed E-state index contributed by atoms with van der Waals surface area (Å²) in [5.41, 5.74) is 2.29. The van der Waals surface area contributed by atoms with Crippen LogP contribution in [-0.2, 0) is 6.42 Å². The zero-order chi connectivity index (χ0) is 16.5. The van der Waals surface area contributed by atoms with Crippen LogP contribution in [0.15, 0.2) is 42.5 Å². The summed E-state index contributed by atoms with van der Waals surface area (Å²) >= 11 is 11.9. The van der Waals surface area contributed by atoms with Crippen molar-refractivity contribution in [1.29, 1.82) is 0 Å². The van der Waals surface area contributed by atoms with E-state index < -0.39 is 0 Å². The molecule has 2 aromatic rings. The second-order valence-corrected chi connectivity index (χ2v) is 6.04. The highest BCUT2D eigenvalue weighted by Crippen LogP contribution is 2.23. The van der Waals surface area contributed by atoms with Crippen LogP contribution in [-0.4, -0.2) is 26.7 Å². The van der Waals surface area contributed by atoms with E-state index in [1.807, 2.05) is 49.5 Å². The fourth-order valence-corrected chi connectivity index (χ4v) is 2.52. The van der Waals surface area contributed by atoms with Crippen LogP contribution in [0.5, 0.6) is 5.75 Å². The second-order valence-electron chi connectivity index (χ2n) is 5.22. The van der Waals surface area contributed by atoms with E-state index in [-0.39, 0.29) is 0 Å². The third kappa shape index (κ3) is 6.30. The molecule has 0 radical (unpaired) electrons. The van der Waals surface area contributed by atoms with Crippen molar-refractivity contribution in [2.24, 2.45) is 0 Å². The molecule has 0 unspecified atom stereocenters. The van der Waals surface area contributed by atoms with Gasteiger partial charge in [0.05, 0.1) is 10.0 Å². The smallest absolute Gasteiger partial charge is 0.119 e. The molecule has 0 saturated heterocycles. The Kier molecular flexibility index (Phi) is 7.53. The predicted octanol–water partition coefficient (Wildman–Crippen LogP) is 4.64. The predicted molar refractivity (Wildman–Crippen MR) is 99.1 cm³/mol. The van der Waals surface area contributed by atoms with Gasteiger partial charge in [0, 0.05) is 19.3 Å². The normalized spacial score (nSPS) is 10.6. The number of hydrogen-bond donors (Lipinski definition) is 2. The van der Waals surface area contributed by atoms with Gasteiger partial charge in [-0.15, -0.1) is 0 Å². The quantitative estimate of drug-likeness (QED) is 0.645. The molecule has 0 fully saturated rings. The number of ether oxygens (including phenoxy) is 1. The van der Waals surface area contributed by atoms with Crippen LogP contribution < -0.4 is 15.4 Å². The number of halogens is 2. The Bertz CT molecular complexity index is 602. The highest BCUT2D eigenvalue weighted by molar-refractivity contribution is 6.42. The van der Waals surface area contributed by atoms with E-state index in [0.717, 1.165) is 37.4 Å². The van der Waals surface area contributed by atoms with Gasteiger partial charge in [0.2, 0.25) is 0 Å². The molecule has 124 valence electrons. The van der Waals surface area contributed by atoms with Crippen molar-refractivity contribution in [3.63, 3.8) is 0 Å². The standard InChI is InChI=1S/C18H22Cl2N2O/c1-21-15-5-7-16(8-6-15)23-12-11-22-10-2-3-14-4-9-17(19)18(20)13-14/h4-9,13,21-22H,2-3,10-12H2,1H3. The highest BCUT2D eigenvalue weighted by Gasteiger charge is 1.99. The van der Waals surface area contributed by atoms with Gasteiger partial charge in [0.15, 0.2) is 0 Å². The van der Waals surface area contributed by atoms with Gasteiger partial charge in [-0.25, -0.2) is 0 Å². The Balaban J connectivity index is 1.56. The maximum absolute atomic E-state index is 6.00. The molecule has 0 spiro atoms. The Labute approximate surface area is 147 Å². The van der Waals surface area contributed by atoms with Crippen molar-refractivity contribution in [3.05, 3.63) is 58.1 Å². The third-order valence-corrected chi connectivity index (χ3v) is 4.23. The van der Waals surface area contributed by atoms with Crippen molar-refractivity contribution in [3.8, 4) is 5.75 Å². The van der Waals surface area contributed by atoms with Gasteiger partial charge < -0.3 is 15.4 Å². The zero-order valence-corrected chi connectivity index (χ0v) is 14.8. The molecular weight excluding hydrogens is 331 g/mol. The van der Waals surface area contributed by atoms with Gasteiger partial charge in [-0.05, 0) is 61.3 Å². The fraction of sp³-hybridized carbons (Fsp3) is 0.333. The van der Waals surface area contributed by atoms with E-state index in [0.29, 0.717) is 16.7 Å². The molecule has 0 amide bonds. The van der Waals surface area contributed by atoms with E-state index in [2.05, 4.69) is 10.6 Å². The summed E-state index contributed by atoms with van der Waals surface area (Å²) in [5, 5.41) is 7.68. The van der Waals surface area contributed by atoms with Gasteiger partial charge in [-0.3, -0.25) is 0 Å². The Morgan fingerprint density at radius 3 is 2.43 bits per heavy atom. The summed E-state index contributed by atoms with van der Waals surface area (Å²) in [4.78, 5) is 0. The Hall–Kier alpha value is -1.42. The van der Waals surface area contributed by atoms with Crippen molar-refractivity contribution in [2.75, 3.05) is 32.1 Å². The molecule has 0 aliphatic heterocycles. The van der Waals surface area contributed by atoms with Crippen LogP contribution in [0.25, 0.3) is 0 Å². The fourth-order valence-electron chi connectivity index (χ4n) is 2.20. The molecule has 2 N–H and O–H groups in total. The van der Waals surface area contributed by atoms with Gasteiger partial charge in [-0.2, -0.15) is 0 Å². The number of nitrogens with one attached hydrogen (secondary N) is 2. The van der Waals surface area contributed by atoms with E-state index in [1.165, 1.54) is 5.56 Å². The van der Waals surface area contributed by atoms with Gasteiger partial charge in [-0.1, -0.05) is 29.3 Å². The molecule has 3 nitrogen and oxygen atoms in total. The van der Waals surface area contributed by atoms with Crippen molar-refractivity contribution in [1.82, 2.24) is 5.32 Å². The Morgan fingerprint density at radius 2 is 1.74 bits per heavy atom. The zero-order valence-electron chi connectivity index (χ0n) is 13.2. The maximum atomic E-state index is 6.00. The van der Waals surface area contributed by atoms with Gasteiger partial charge in [0.25, 0.3) is 0 Å². The lowest BCUT2D eigenvalue weighted by atomic mass is 10.1. The van der Waals surface area contributed by atoms with E-state index in [9.17, 15) is 0 Å². The molecule has 0 bridgehead atoms. The minimum absolute atomic E-state index is 0.605. The summed E-state index contributed by atoms with van der Waals surface area (Å²) in [7, 11) is 1.90. The van der Waals surface area contributed by atoms with Crippen LogP contribution in [0.1, 0.15) is 12.0 Å². The topological polar surface area (TPSA) is 33.3 Å². The molecule has 0 aliphatic carbocycles. The van der Waals surface area contributed by atoms with Gasteiger partial charge in [0.1, 0.15) is 12.4 Å². The summed E-state index contributed by atoms with van der Waals surface area (Å²) in [6.07, 6.45) is 2.03. The first-order chi connectivity index (χ1) is 11.2. The van der Waals surface area contributed by atoms with Crippen molar-refractivity contribution < 1.29 is 4.74 Å². The largest absolute Gasteiger partial charge is 0.492 e. The number of anilines is 1. The van der Waals surface area contributed by atoms with E-state index in [4.69, 9.17) is 27.9 Å². The summed E-state index contributed by atoms with van der Waals surface area (Å²) in [6.45, 7) is 2.43. The molecule has 0 heterocycles. The lowest BCUT2D eigenvalue weighted by Crippen LogP contribution is -2.22. The van der Waals surface area contributed by atoms with Crippen LogP contribution >= 0.6 is 23.2 Å². The summed E-state index contributed by atoms with van der Waals surface area (Å²) < 4.78 is 5.68. The van der Waals surface area contributed by atoms with Crippen molar-refractivity contribution >= 4 is 28.9 Å². The van der Waals surface area contributed by atoms with Crippen LogP contribution in [0.2, 0.25) is 10.0 Å². The SMILES string of the molecule is CNc1ccc(OCCNCCCc2ccc(Cl)c(Cl)c2)cc1. The van der Waals surface area contributed by atoms with Crippen LogP contribution in [0.4, 0.5) is 5.69 Å². The lowest BCUT2D eigenvalue weighted by Gasteiger charge is -2.08. The van der Waals surface area contributed by atoms with Crippen molar-refractivity contribution in [2.45, 2.75) is 12.8 Å². The summed E-state index contributed by atoms with van der Waals surface area (Å²) in [5.74, 6) is 0.890. The minimum atomic E-state index is 0.605. The number of rotatable bonds is 9.